The molecule has 0 spiro atoms. The zero-order valence-corrected chi connectivity index (χ0v) is 8.46. The standard InChI is InChI=1S/C10H11N3O3/c11-4-6(14)5-16-8-3-1-2-7-9(8)13-10(15)12-7/h1-3,6,14H,4-5,11H2/t6-/m0/s1. The van der Waals surface area contributed by atoms with Gasteiger partial charge in [-0.3, -0.25) is 0 Å². The van der Waals surface area contributed by atoms with Crippen LogP contribution in [0.25, 0.3) is 0 Å². The zero-order chi connectivity index (χ0) is 11.5. The van der Waals surface area contributed by atoms with Crippen LogP contribution in [0.5, 0.6) is 5.75 Å². The lowest BCUT2D eigenvalue weighted by Gasteiger charge is -2.09. The van der Waals surface area contributed by atoms with E-state index in [-0.39, 0.29) is 13.2 Å². The number of ether oxygens (including phenoxy) is 1. The van der Waals surface area contributed by atoms with E-state index in [1.807, 2.05) is 0 Å². The number of carbonyl (C=O) groups excluding carboxylic acids is 1. The molecule has 1 aliphatic heterocycles. The molecule has 6 nitrogen and oxygen atoms in total. The second-order valence-electron chi connectivity index (χ2n) is 3.33. The van der Waals surface area contributed by atoms with E-state index in [9.17, 15) is 9.90 Å². The summed E-state index contributed by atoms with van der Waals surface area (Å²) < 4.78 is 5.31. The summed E-state index contributed by atoms with van der Waals surface area (Å²) in [6.45, 7) is 0.187. The summed E-state index contributed by atoms with van der Waals surface area (Å²) in [6.07, 6.45) is -0.732. The van der Waals surface area contributed by atoms with Crippen LogP contribution in [0, 0.1) is 0 Å². The molecule has 1 heterocycles. The van der Waals surface area contributed by atoms with Gasteiger partial charge in [0.15, 0.2) is 0 Å². The summed E-state index contributed by atoms with van der Waals surface area (Å²) in [7, 11) is 0. The summed E-state index contributed by atoms with van der Waals surface area (Å²) in [6, 6.07) is 4.52. The third kappa shape index (κ3) is 2.07. The molecule has 1 aliphatic rings. The summed E-state index contributed by atoms with van der Waals surface area (Å²) >= 11 is 0. The number of urea groups is 1. The van der Waals surface area contributed by atoms with Gasteiger partial charge in [0, 0.05) is 6.54 Å². The van der Waals surface area contributed by atoms with Crippen LogP contribution in [-0.2, 0) is 0 Å². The van der Waals surface area contributed by atoms with Crippen LogP contribution in [0.4, 0.5) is 4.79 Å². The van der Waals surface area contributed by atoms with Gasteiger partial charge in [-0.25, -0.2) is 4.79 Å². The van der Waals surface area contributed by atoms with Gasteiger partial charge in [-0.1, -0.05) is 6.07 Å². The fraction of sp³-hybridized carbons (Fsp3) is 0.300. The van der Waals surface area contributed by atoms with Crippen molar-refractivity contribution < 1.29 is 14.6 Å². The van der Waals surface area contributed by atoms with Gasteiger partial charge in [-0.05, 0) is 12.1 Å². The third-order valence-corrected chi connectivity index (χ3v) is 2.10. The number of hydrogen-bond acceptors (Lipinski definition) is 4. The van der Waals surface area contributed by atoms with Crippen LogP contribution >= 0.6 is 0 Å². The van der Waals surface area contributed by atoms with E-state index in [0.29, 0.717) is 16.5 Å². The first-order chi connectivity index (χ1) is 7.70. The summed E-state index contributed by atoms with van der Waals surface area (Å²) in [5.41, 5.74) is 5.24. The highest BCUT2D eigenvalue weighted by Crippen LogP contribution is 2.02. The lowest BCUT2D eigenvalue weighted by molar-refractivity contribution is 0.113. The first kappa shape index (κ1) is 10.7. The van der Waals surface area contributed by atoms with Crippen molar-refractivity contribution in [1.82, 2.24) is 0 Å². The number of benzene rings is 1. The van der Waals surface area contributed by atoms with E-state index in [4.69, 9.17) is 10.5 Å². The van der Waals surface area contributed by atoms with Crippen molar-refractivity contribution in [2.75, 3.05) is 13.2 Å². The van der Waals surface area contributed by atoms with E-state index in [1.165, 1.54) is 0 Å². The predicted molar refractivity (Wildman–Crippen MR) is 54.7 cm³/mol. The monoisotopic (exact) mass is 221 g/mol. The number of hydrogen-bond donors (Lipinski definition) is 2. The molecule has 1 aromatic carbocycles. The fourth-order valence-electron chi connectivity index (χ4n) is 1.31. The maximum absolute atomic E-state index is 11.0. The molecule has 2 amide bonds. The highest BCUT2D eigenvalue weighted by Gasteiger charge is 2.10. The van der Waals surface area contributed by atoms with Gasteiger partial charge in [-0.15, -0.1) is 0 Å². The second kappa shape index (κ2) is 4.38. The topological polar surface area (TPSA) is 97.3 Å². The predicted octanol–water partition coefficient (Wildman–Crippen LogP) is -1.24. The first-order valence-corrected chi connectivity index (χ1v) is 4.82. The largest absolute Gasteiger partial charge is 0.488 e. The van der Waals surface area contributed by atoms with Crippen molar-refractivity contribution in [2.45, 2.75) is 6.10 Å². The van der Waals surface area contributed by atoms with Crippen LogP contribution < -0.4 is 21.2 Å². The minimum absolute atomic E-state index is 0.0661. The van der Waals surface area contributed by atoms with Crippen molar-refractivity contribution in [3.8, 4) is 5.75 Å². The number of nitrogens with zero attached hydrogens (tertiary/aromatic N) is 2. The van der Waals surface area contributed by atoms with Crippen molar-refractivity contribution in [3.05, 3.63) is 28.9 Å². The minimum Gasteiger partial charge on any atom is -0.488 e. The Balaban J connectivity index is 2.26. The van der Waals surface area contributed by atoms with Gasteiger partial charge >= 0.3 is 6.03 Å². The molecule has 84 valence electrons. The van der Waals surface area contributed by atoms with E-state index < -0.39 is 12.1 Å². The van der Waals surface area contributed by atoms with Gasteiger partial charge in [0.25, 0.3) is 0 Å². The minimum atomic E-state index is -0.732. The molecular weight excluding hydrogens is 210 g/mol. The van der Waals surface area contributed by atoms with Crippen LogP contribution in [0.15, 0.2) is 28.2 Å². The summed E-state index contributed by atoms with van der Waals surface area (Å²) in [5.74, 6) is 0.430. The number of nitrogens with two attached hydrogens (primary N) is 1. The Hall–Kier alpha value is -1.79. The number of rotatable bonds is 4. The quantitative estimate of drug-likeness (QED) is 0.664. The van der Waals surface area contributed by atoms with E-state index >= 15 is 0 Å². The molecule has 0 aliphatic carbocycles. The van der Waals surface area contributed by atoms with Gasteiger partial charge in [0.05, 0.1) is 5.36 Å². The average molecular weight is 221 g/mol. The molecule has 2 rings (SSSR count). The lowest BCUT2D eigenvalue weighted by Crippen LogP contribution is -2.30. The normalized spacial score (nSPS) is 15.0. The molecule has 0 saturated heterocycles. The number of fused-ring (bicyclic) bond motifs is 1. The molecule has 0 aromatic heterocycles. The molecule has 1 atom stereocenters. The summed E-state index contributed by atoms with van der Waals surface area (Å²) in [5, 5.41) is 10.2. The van der Waals surface area contributed by atoms with E-state index in [2.05, 4.69) is 9.98 Å². The Kier molecular flexibility index (Phi) is 2.93. The molecule has 0 bridgehead atoms. The van der Waals surface area contributed by atoms with Crippen LogP contribution in [-0.4, -0.2) is 30.4 Å². The Labute approximate surface area is 91.1 Å². The smallest absolute Gasteiger partial charge is 0.368 e. The Morgan fingerprint density at radius 3 is 3.00 bits per heavy atom. The van der Waals surface area contributed by atoms with Crippen LogP contribution in [0.1, 0.15) is 0 Å². The van der Waals surface area contributed by atoms with Gasteiger partial charge in [-0.2, -0.15) is 9.98 Å². The van der Waals surface area contributed by atoms with Crippen molar-refractivity contribution in [1.29, 1.82) is 0 Å². The highest BCUT2D eigenvalue weighted by atomic mass is 16.5. The Morgan fingerprint density at radius 1 is 1.44 bits per heavy atom. The molecule has 16 heavy (non-hydrogen) atoms. The van der Waals surface area contributed by atoms with E-state index in [1.54, 1.807) is 18.2 Å². The lowest BCUT2D eigenvalue weighted by atomic mass is 10.3. The molecule has 1 aromatic rings. The highest BCUT2D eigenvalue weighted by molar-refractivity contribution is 5.77. The van der Waals surface area contributed by atoms with E-state index in [0.717, 1.165) is 0 Å². The van der Waals surface area contributed by atoms with Gasteiger partial charge in [0.2, 0.25) is 0 Å². The maximum Gasteiger partial charge on any atom is 0.368 e. The number of aliphatic hydroxyl groups is 1. The molecule has 0 fully saturated rings. The molecule has 0 unspecified atom stereocenters. The third-order valence-electron chi connectivity index (χ3n) is 2.10. The molecule has 6 heteroatoms. The van der Waals surface area contributed by atoms with Crippen LogP contribution in [0.3, 0.4) is 0 Å². The molecular formula is C10H11N3O3. The van der Waals surface area contributed by atoms with Crippen molar-refractivity contribution in [3.63, 3.8) is 0 Å². The molecule has 0 saturated carbocycles. The molecule has 0 radical (unpaired) electrons. The Bertz CT molecular complexity index is 527. The number of carbonyl (C=O) groups is 1. The number of aliphatic hydroxyl groups excluding tert-OH is 1. The SMILES string of the molecule is NC[C@H](O)COc1cccc2c1=NC(=O)N=2. The summed E-state index contributed by atoms with van der Waals surface area (Å²) in [4.78, 5) is 18.4. The zero-order valence-electron chi connectivity index (χ0n) is 8.46. The van der Waals surface area contributed by atoms with Crippen molar-refractivity contribution in [2.24, 2.45) is 15.7 Å². The fourth-order valence-corrected chi connectivity index (χ4v) is 1.31. The van der Waals surface area contributed by atoms with Gasteiger partial charge in [0.1, 0.15) is 23.8 Å². The van der Waals surface area contributed by atoms with Crippen molar-refractivity contribution >= 4 is 6.03 Å². The number of para-hydroxylation sites is 1. The second-order valence-corrected chi connectivity index (χ2v) is 3.33. The average Bonchev–Trinajstić information content (AvgIpc) is 2.66. The Morgan fingerprint density at radius 2 is 2.25 bits per heavy atom. The molecule has 3 N–H and O–H groups in total. The van der Waals surface area contributed by atoms with Crippen LogP contribution in [0.2, 0.25) is 0 Å². The van der Waals surface area contributed by atoms with Gasteiger partial charge < -0.3 is 15.6 Å². The first-order valence-electron chi connectivity index (χ1n) is 4.82. The number of amides is 2. The maximum atomic E-state index is 11.0.